The topological polar surface area (TPSA) is 83.5 Å². The minimum Gasteiger partial charge on any atom is -0.478 e. The summed E-state index contributed by atoms with van der Waals surface area (Å²) in [4.78, 5) is 11.0. The maximum Gasteiger partial charge on any atom is 0.335 e. The zero-order valence-electron chi connectivity index (χ0n) is 11.8. The van der Waals surface area contributed by atoms with E-state index >= 15 is 0 Å². The van der Waals surface area contributed by atoms with E-state index in [4.69, 9.17) is 5.11 Å². The summed E-state index contributed by atoms with van der Waals surface area (Å²) in [6.07, 6.45) is 1.00. The van der Waals surface area contributed by atoms with E-state index in [1.54, 1.807) is 6.92 Å². The van der Waals surface area contributed by atoms with Gasteiger partial charge in [0.1, 0.15) is 0 Å². The largest absolute Gasteiger partial charge is 0.478 e. The van der Waals surface area contributed by atoms with E-state index in [1.165, 1.54) is 18.2 Å². The van der Waals surface area contributed by atoms with Gasteiger partial charge in [0.25, 0.3) is 0 Å². The van der Waals surface area contributed by atoms with Crippen molar-refractivity contribution in [1.82, 2.24) is 4.72 Å². The van der Waals surface area contributed by atoms with Gasteiger partial charge in [-0.2, -0.15) is 0 Å². The fourth-order valence-electron chi connectivity index (χ4n) is 2.22. The first-order valence-electron chi connectivity index (χ1n) is 6.47. The van der Waals surface area contributed by atoms with E-state index in [9.17, 15) is 13.2 Å². The molecule has 20 heavy (non-hydrogen) atoms. The molecule has 0 heterocycles. The van der Waals surface area contributed by atoms with Crippen LogP contribution in [0.4, 0.5) is 0 Å². The number of sulfonamides is 1. The number of aromatic carboxylic acids is 1. The third kappa shape index (κ3) is 3.02. The van der Waals surface area contributed by atoms with Gasteiger partial charge in [0.05, 0.1) is 10.5 Å². The molecule has 2 N–H and O–H groups in total. The molecule has 1 fully saturated rings. The van der Waals surface area contributed by atoms with Gasteiger partial charge >= 0.3 is 5.97 Å². The minimum atomic E-state index is -3.65. The van der Waals surface area contributed by atoms with Crippen LogP contribution in [0.1, 0.15) is 36.2 Å². The van der Waals surface area contributed by atoms with Crippen molar-refractivity contribution in [1.29, 1.82) is 0 Å². The summed E-state index contributed by atoms with van der Waals surface area (Å²) >= 11 is 0. The van der Waals surface area contributed by atoms with Crippen molar-refractivity contribution in [2.24, 2.45) is 11.3 Å². The van der Waals surface area contributed by atoms with Gasteiger partial charge in [-0.25, -0.2) is 17.9 Å². The van der Waals surface area contributed by atoms with E-state index in [1.807, 2.05) is 0 Å². The lowest BCUT2D eigenvalue weighted by Crippen LogP contribution is -2.27. The highest BCUT2D eigenvalue weighted by atomic mass is 32.2. The summed E-state index contributed by atoms with van der Waals surface area (Å²) in [7, 11) is -3.65. The number of carboxylic acids is 1. The number of nitrogens with one attached hydrogen (secondary N) is 1. The van der Waals surface area contributed by atoms with Crippen molar-refractivity contribution in [3.8, 4) is 0 Å². The molecule has 1 aliphatic carbocycles. The molecule has 2 rings (SSSR count). The molecule has 5 nitrogen and oxygen atoms in total. The van der Waals surface area contributed by atoms with Crippen molar-refractivity contribution in [2.45, 2.75) is 32.1 Å². The van der Waals surface area contributed by atoms with Gasteiger partial charge in [-0.15, -0.1) is 0 Å². The minimum absolute atomic E-state index is 0.000967. The SMILES string of the molecule is Cc1ccc(S(=O)(=O)NCC2CC2(C)C)cc1C(=O)O. The Labute approximate surface area is 119 Å². The first-order chi connectivity index (χ1) is 9.13. The first kappa shape index (κ1) is 15.0. The second-order valence-electron chi connectivity index (χ2n) is 6.02. The Bertz CT molecular complexity index is 649. The average Bonchev–Trinajstić information content (AvgIpc) is 2.95. The molecule has 0 amide bonds. The van der Waals surface area contributed by atoms with E-state index in [0.717, 1.165) is 6.42 Å². The predicted octanol–water partition coefficient (Wildman–Crippen LogP) is 2.02. The van der Waals surface area contributed by atoms with E-state index in [2.05, 4.69) is 18.6 Å². The van der Waals surface area contributed by atoms with Gasteiger partial charge in [-0.3, -0.25) is 0 Å². The summed E-state index contributed by atoms with van der Waals surface area (Å²) in [6, 6.07) is 4.15. The van der Waals surface area contributed by atoms with Crippen LogP contribution in [-0.4, -0.2) is 26.0 Å². The Kier molecular flexibility index (Phi) is 3.64. The summed E-state index contributed by atoms with van der Waals surface area (Å²) in [6.45, 7) is 6.23. The quantitative estimate of drug-likeness (QED) is 0.871. The van der Waals surface area contributed by atoms with Crippen LogP contribution >= 0.6 is 0 Å². The maximum atomic E-state index is 12.2. The number of carboxylic acid groups (broad SMARTS) is 1. The smallest absolute Gasteiger partial charge is 0.335 e. The van der Waals surface area contributed by atoms with Crippen LogP contribution in [0.25, 0.3) is 0 Å². The second kappa shape index (κ2) is 4.86. The van der Waals surface area contributed by atoms with Crippen molar-refractivity contribution < 1.29 is 18.3 Å². The van der Waals surface area contributed by atoms with Crippen LogP contribution < -0.4 is 4.72 Å². The fourth-order valence-corrected chi connectivity index (χ4v) is 3.32. The zero-order valence-corrected chi connectivity index (χ0v) is 12.6. The number of hydrogen-bond acceptors (Lipinski definition) is 3. The third-order valence-electron chi connectivity index (χ3n) is 3.99. The molecule has 1 aromatic carbocycles. The second-order valence-corrected chi connectivity index (χ2v) is 7.79. The van der Waals surface area contributed by atoms with Gasteiger partial charge in [0.2, 0.25) is 10.0 Å². The predicted molar refractivity (Wildman–Crippen MR) is 75.2 cm³/mol. The van der Waals surface area contributed by atoms with Gasteiger partial charge in [-0.05, 0) is 42.4 Å². The van der Waals surface area contributed by atoms with E-state index in [-0.39, 0.29) is 15.9 Å². The first-order valence-corrected chi connectivity index (χ1v) is 7.95. The van der Waals surface area contributed by atoms with Crippen LogP contribution in [0.2, 0.25) is 0 Å². The molecule has 1 unspecified atom stereocenters. The van der Waals surface area contributed by atoms with Crippen LogP contribution in [0, 0.1) is 18.3 Å². The molecule has 0 radical (unpaired) electrons. The molecule has 0 saturated heterocycles. The Hall–Kier alpha value is -1.40. The molecule has 0 aliphatic heterocycles. The average molecular weight is 297 g/mol. The van der Waals surface area contributed by atoms with Crippen LogP contribution in [0.3, 0.4) is 0 Å². The van der Waals surface area contributed by atoms with Gasteiger partial charge < -0.3 is 5.11 Å². The molecule has 0 aromatic heterocycles. The standard InChI is InChI=1S/C14H19NO4S/c1-9-4-5-11(6-12(9)13(16)17)20(18,19)15-8-10-7-14(10,2)3/h4-6,10,15H,7-8H2,1-3H3,(H,16,17). The number of benzene rings is 1. The molecule has 110 valence electrons. The molecular formula is C14H19NO4S. The highest BCUT2D eigenvalue weighted by Crippen LogP contribution is 2.51. The summed E-state index contributed by atoms with van der Waals surface area (Å²) < 4.78 is 26.9. The lowest BCUT2D eigenvalue weighted by atomic mass is 10.1. The number of hydrogen-bond donors (Lipinski definition) is 2. The molecule has 1 aromatic rings. The van der Waals surface area contributed by atoms with Crippen molar-refractivity contribution >= 4 is 16.0 Å². The zero-order chi connectivity index (χ0) is 15.1. The Morgan fingerprint density at radius 1 is 1.45 bits per heavy atom. The van der Waals surface area contributed by atoms with Gasteiger partial charge in [0.15, 0.2) is 0 Å². The number of aryl methyl sites for hydroxylation is 1. The monoisotopic (exact) mass is 297 g/mol. The molecular weight excluding hydrogens is 278 g/mol. The van der Waals surface area contributed by atoms with E-state index in [0.29, 0.717) is 18.0 Å². The summed E-state index contributed by atoms with van der Waals surface area (Å²) in [5.74, 6) is -0.774. The lowest BCUT2D eigenvalue weighted by molar-refractivity contribution is 0.0696. The van der Waals surface area contributed by atoms with Crippen molar-refractivity contribution in [3.63, 3.8) is 0 Å². The maximum absolute atomic E-state index is 12.2. The molecule has 1 atom stereocenters. The third-order valence-corrected chi connectivity index (χ3v) is 5.41. The number of carbonyl (C=O) groups is 1. The summed E-state index contributed by atoms with van der Waals surface area (Å²) in [5, 5.41) is 9.04. The Balaban J connectivity index is 2.17. The molecule has 0 spiro atoms. The van der Waals surface area contributed by atoms with Crippen LogP contribution in [-0.2, 0) is 10.0 Å². The molecule has 1 saturated carbocycles. The number of rotatable bonds is 5. The van der Waals surface area contributed by atoms with Crippen LogP contribution in [0.5, 0.6) is 0 Å². The highest BCUT2D eigenvalue weighted by molar-refractivity contribution is 7.89. The van der Waals surface area contributed by atoms with Crippen LogP contribution in [0.15, 0.2) is 23.1 Å². The summed E-state index contributed by atoms with van der Waals surface area (Å²) in [5.41, 5.74) is 0.751. The van der Waals surface area contributed by atoms with Gasteiger partial charge in [-0.1, -0.05) is 19.9 Å². The molecule has 6 heteroatoms. The molecule has 1 aliphatic rings. The lowest BCUT2D eigenvalue weighted by Gasteiger charge is -2.09. The Morgan fingerprint density at radius 3 is 2.55 bits per heavy atom. The normalized spacial score (nSPS) is 20.6. The fraction of sp³-hybridized carbons (Fsp3) is 0.500. The van der Waals surface area contributed by atoms with Gasteiger partial charge in [0, 0.05) is 6.54 Å². The highest BCUT2D eigenvalue weighted by Gasteiger charge is 2.45. The van der Waals surface area contributed by atoms with Crippen molar-refractivity contribution in [2.75, 3.05) is 6.54 Å². The Morgan fingerprint density at radius 2 is 2.05 bits per heavy atom. The van der Waals surface area contributed by atoms with E-state index < -0.39 is 16.0 Å². The molecule has 0 bridgehead atoms. The van der Waals surface area contributed by atoms with Crippen molar-refractivity contribution in [3.05, 3.63) is 29.3 Å².